The van der Waals surface area contributed by atoms with Crippen LogP contribution in [0.1, 0.15) is 19.4 Å². The smallest absolute Gasteiger partial charge is 0.310 e. The van der Waals surface area contributed by atoms with Crippen LogP contribution < -0.4 is 10.1 Å². The van der Waals surface area contributed by atoms with Gasteiger partial charge in [-0.2, -0.15) is 0 Å². The van der Waals surface area contributed by atoms with Gasteiger partial charge in [0, 0.05) is 27.2 Å². The van der Waals surface area contributed by atoms with E-state index in [4.69, 9.17) is 9.47 Å². The number of nitrogens with one attached hydrogen (secondary N) is 1. The van der Waals surface area contributed by atoms with Gasteiger partial charge in [0.2, 0.25) is 0 Å². The van der Waals surface area contributed by atoms with E-state index < -0.39 is 0 Å². The zero-order valence-electron chi connectivity index (χ0n) is 14.6. The molecule has 128 valence electrons. The lowest BCUT2D eigenvalue weighted by Gasteiger charge is -2.23. The van der Waals surface area contributed by atoms with Crippen LogP contribution in [0.2, 0.25) is 0 Å². The number of carbonyl (C=O) groups is 1. The number of hydrogen-bond acceptors (Lipinski definition) is 4. The SMILES string of the molecule is CCOc1ccc(CN(C)C(=NC)NCC(C)C(=O)OC)cc1. The summed E-state index contributed by atoms with van der Waals surface area (Å²) in [5.41, 5.74) is 1.15. The molecule has 6 heteroatoms. The Morgan fingerprint density at radius 1 is 1.35 bits per heavy atom. The maximum Gasteiger partial charge on any atom is 0.310 e. The summed E-state index contributed by atoms with van der Waals surface area (Å²) in [7, 11) is 5.07. The molecular weight excluding hydrogens is 294 g/mol. The van der Waals surface area contributed by atoms with Gasteiger partial charge >= 0.3 is 5.97 Å². The molecule has 0 fully saturated rings. The molecule has 23 heavy (non-hydrogen) atoms. The Bertz CT molecular complexity index is 514. The predicted octanol–water partition coefficient (Wildman–Crippen LogP) is 1.90. The van der Waals surface area contributed by atoms with Crippen molar-refractivity contribution in [3.63, 3.8) is 0 Å². The van der Waals surface area contributed by atoms with Crippen LogP contribution in [0.4, 0.5) is 0 Å². The summed E-state index contributed by atoms with van der Waals surface area (Å²) in [5, 5.41) is 3.19. The van der Waals surface area contributed by atoms with Gasteiger partial charge in [-0.1, -0.05) is 19.1 Å². The average Bonchev–Trinajstić information content (AvgIpc) is 2.56. The molecule has 1 atom stereocenters. The molecule has 0 saturated heterocycles. The van der Waals surface area contributed by atoms with E-state index in [9.17, 15) is 4.79 Å². The fourth-order valence-electron chi connectivity index (χ4n) is 2.12. The lowest BCUT2D eigenvalue weighted by molar-refractivity contribution is -0.144. The van der Waals surface area contributed by atoms with Gasteiger partial charge in [-0.3, -0.25) is 9.79 Å². The zero-order chi connectivity index (χ0) is 17.2. The molecule has 0 aliphatic carbocycles. The maximum atomic E-state index is 11.4. The molecule has 0 aliphatic rings. The van der Waals surface area contributed by atoms with E-state index in [1.807, 2.05) is 50.1 Å². The topological polar surface area (TPSA) is 63.2 Å². The standard InChI is InChI=1S/C17H27N3O3/c1-6-23-15-9-7-14(8-10-15)12-20(4)17(18-3)19-11-13(2)16(21)22-5/h7-10,13H,6,11-12H2,1-5H3,(H,18,19). The first kappa shape index (κ1) is 18.8. The predicted molar refractivity (Wildman–Crippen MR) is 91.6 cm³/mol. The molecule has 1 unspecified atom stereocenters. The highest BCUT2D eigenvalue weighted by atomic mass is 16.5. The Balaban J connectivity index is 2.56. The minimum absolute atomic E-state index is 0.226. The molecular formula is C17H27N3O3. The van der Waals surface area contributed by atoms with Crippen molar-refractivity contribution in [1.29, 1.82) is 0 Å². The van der Waals surface area contributed by atoms with Crippen LogP contribution >= 0.6 is 0 Å². The maximum absolute atomic E-state index is 11.4. The number of carbonyl (C=O) groups excluding carboxylic acids is 1. The first-order chi connectivity index (χ1) is 11.0. The fourth-order valence-corrected chi connectivity index (χ4v) is 2.12. The number of ether oxygens (including phenoxy) is 2. The molecule has 1 rings (SSSR count). The van der Waals surface area contributed by atoms with Crippen LogP contribution in [-0.2, 0) is 16.1 Å². The van der Waals surface area contributed by atoms with Crippen LogP contribution in [0.3, 0.4) is 0 Å². The Morgan fingerprint density at radius 3 is 2.52 bits per heavy atom. The van der Waals surface area contributed by atoms with Crippen molar-refractivity contribution in [2.24, 2.45) is 10.9 Å². The summed E-state index contributed by atoms with van der Waals surface area (Å²) in [6.45, 7) is 5.63. The second-order valence-corrected chi connectivity index (χ2v) is 5.29. The number of benzene rings is 1. The Labute approximate surface area is 138 Å². The zero-order valence-corrected chi connectivity index (χ0v) is 14.6. The van der Waals surface area contributed by atoms with Crippen molar-refractivity contribution >= 4 is 11.9 Å². The largest absolute Gasteiger partial charge is 0.494 e. The van der Waals surface area contributed by atoms with Crippen molar-refractivity contribution in [3.8, 4) is 5.75 Å². The molecule has 0 saturated carbocycles. The van der Waals surface area contributed by atoms with Crippen molar-refractivity contribution in [3.05, 3.63) is 29.8 Å². The first-order valence-electron chi connectivity index (χ1n) is 7.73. The minimum Gasteiger partial charge on any atom is -0.494 e. The summed E-state index contributed by atoms with van der Waals surface area (Å²) in [4.78, 5) is 17.7. The fraction of sp³-hybridized carbons (Fsp3) is 0.529. The number of rotatable bonds is 7. The van der Waals surface area contributed by atoms with Gasteiger partial charge in [-0.15, -0.1) is 0 Å². The van der Waals surface area contributed by atoms with Crippen molar-refractivity contribution in [2.45, 2.75) is 20.4 Å². The van der Waals surface area contributed by atoms with E-state index in [0.717, 1.165) is 17.3 Å². The quantitative estimate of drug-likeness (QED) is 0.472. The summed E-state index contributed by atoms with van der Waals surface area (Å²) in [5.74, 6) is 1.14. The third kappa shape index (κ3) is 6.18. The van der Waals surface area contributed by atoms with E-state index in [0.29, 0.717) is 19.7 Å². The number of hydrogen-bond donors (Lipinski definition) is 1. The molecule has 1 aromatic rings. The van der Waals surface area contributed by atoms with Crippen LogP contribution in [0.25, 0.3) is 0 Å². The molecule has 1 N–H and O–H groups in total. The van der Waals surface area contributed by atoms with Crippen molar-refractivity contribution in [2.75, 3.05) is 34.4 Å². The highest BCUT2D eigenvalue weighted by Crippen LogP contribution is 2.13. The number of nitrogens with zero attached hydrogens (tertiary/aromatic N) is 2. The minimum atomic E-state index is -0.234. The molecule has 0 radical (unpaired) electrons. The summed E-state index contributed by atoms with van der Waals surface area (Å²) in [6, 6.07) is 7.99. The molecule has 0 aromatic heterocycles. The second kappa shape index (κ2) is 9.71. The van der Waals surface area contributed by atoms with Gasteiger partial charge in [0.25, 0.3) is 0 Å². The third-order valence-corrected chi connectivity index (χ3v) is 3.40. The Kier molecular flexibility index (Phi) is 7.94. The third-order valence-electron chi connectivity index (χ3n) is 3.40. The van der Waals surface area contributed by atoms with Crippen LogP contribution in [0, 0.1) is 5.92 Å². The van der Waals surface area contributed by atoms with Crippen molar-refractivity contribution < 1.29 is 14.3 Å². The van der Waals surface area contributed by atoms with Gasteiger partial charge in [0.1, 0.15) is 5.75 Å². The van der Waals surface area contributed by atoms with Crippen molar-refractivity contribution in [1.82, 2.24) is 10.2 Å². The van der Waals surface area contributed by atoms with Crippen LogP contribution in [0.5, 0.6) is 5.75 Å². The van der Waals surface area contributed by atoms with E-state index >= 15 is 0 Å². The number of methoxy groups -OCH3 is 1. The highest BCUT2D eigenvalue weighted by Gasteiger charge is 2.14. The van der Waals surface area contributed by atoms with E-state index in [1.165, 1.54) is 7.11 Å². The average molecular weight is 321 g/mol. The van der Waals surface area contributed by atoms with Gasteiger partial charge in [0.15, 0.2) is 5.96 Å². The second-order valence-electron chi connectivity index (χ2n) is 5.29. The number of aliphatic imine (C=N–C) groups is 1. The van der Waals surface area contributed by atoms with Gasteiger partial charge in [-0.25, -0.2) is 0 Å². The van der Waals surface area contributed by atoms with Crippen LogP contribution in [-0.4, -0.2) is 51.2 Å². The van der Waals surface area contributed by atoms with Gasteiger partial charge in [0.05, 0.1) is 19.6 Å². The van der Waals surface area contributed by atoms with Crippen LogP contribution in [0.15, 0.2) is 29.3 Å². The summed E-state index contributed by atoms with van der Waals surface area (Å²) < 4.78 is 10.2. The Hall–Kier alpha value is -2.24. The molecule has 1 aromatic carbocycles. The lowest BCUT2D eigenvalue weighted by atomic mass is 10.2. The van der Waals surface area contributed by atoms with Gasteiger partial charge in [-0.05, 0) is 24.6 Å². The molecule has 0 bridgehead atoms. The molecule has 0 amide bonds. The summed E-state index contributed by atoms with van der Waals surface area (Å²) in [6.07, 6.45) is 0. The first-order valence-corrected chi connectivity index (χ1v) is 7.73. The van der Waals surface area contributed by atoms with E-state index in [2.05, 4.69) is 10.3 Å². The molecule has 0 heterocycles. The van der Waals surface area contributed by atoms with E-state index in [-0.39, 0.29) is 11.9 Å². The molecule has 0 aliphatic heterocycles. The lowest BCUT2D eigenvalue weighted by Crippen LogP contribution is -2.41. The number of guanidine groups is 1. The Morgan fingerprint density at radius 2 is 2.00 bits per heavy atom. The molecule has 6 nitrogen and oxygen atoms in total. The summed E-state index contributed by atoms with van der Waals surface area (Å²) >= 11 is 0. The normalized spacial score (nSPS) is 12.5. The number of esters is 1. The monoisotopic (exact) mass is 321 g/mol. The molecule has 0 spiro atoms. The van der Waals surface area contributed by atoms with E-state index in [1.54, 1.807) is 7.05 Å². The highest BCUT2D eigenvalue weighted by molar-refractivity contribution is 5.80. The van der Waals surface area contributed by atoms with Gasteiger partial charge < -0.3 is 19.7 Å².